The Labute approximate surface area is 108 Å². The average Bonchev–Trinajstić information content (AvgIpc) is 2.26. The molecule has 0 amide bonds. The van der Waals surface area contributed by atoms with Gasteiger partial charge in [-0.1, -0.05) is 31.2 Å². The van der Waals surface area contributed by atoms with Gasteiger partial charge in [-0.2, -0.15) is 0 Å². The zero-order chi connectivity index (χ0) is 12.0. The van der Waals surface area contributed by atoms with E-state index >= 15 is 0 Å². The van der Waals surface area contributed by atoms with E-state index in [1.165, 1.54) is 0 Å². The van der Waals surface area contributed by atoms with Crippen LogP contribution in [0.5, 0.6) is 0 Å². The molecule has 94 valence electrons. The highest BCUT2D eigenvalue weighted by Crippen LogP contribution is 2.12. The lowest BCUT2D eigenvalue weighted by Gasteiger charge is -2.02. The van der Waals surface area contributed by atoms with Crippen LogP contribution in [0.3, 0.4) is 0 Å². The van der Waals surface area contributed by atoms with Gasteiger partial charge in [-0.05, 0) is 36.6 Å². The molecule has 0 saturated heterocycles. The predicted octanol–water partition coefficient (Wildman–Crippen LogP) is 2.49. The highest BCUT2D eigenvalue weighted by molar-refractivity contribution is 5.92. The summed E-state index contributed by atoms with van der Waals surface area (Å²) in [6.07, 6.45) is 3.05. The van der Waals surface area contributed by atoms with Crippen molar-refractivity contribution in [2.24, 2.45) is 5.73 Å². The van der Waals surface area contributed by atoms with E-state index in [4.69, 9.17) is 10.8 Å². The summed E-state index contributed by atoms with van der Waals surface area (Å²) in [7, 11) is 0. The summed E-state index contributed by atoms with van der Waals surface area (Å²) in [4.78, 5) is 10.9. The van der Waals surface area contributed by atoms with Gasteiger partial charge in [0.15, 0.2) is 0 Å². The Balaban J connectivity index is 0.00000256. The van der Waals surface area contributed by atoms with Gasteiger partial charge in [0, 0.05) is 5.57 Å². The third-order valence-corrected chi connectivity index (χ3v) is 2.38. The fourth-order valence-corrected chi connectivity index (χ4v) is 1.52. The van der Waals surface area contributed by atoms with Gasteiger partial charge in [-0.3, -0.25) is 0 Å². The molecule has 0 bridgehead atoms. The lowest BCUT2D eigenvalue weighted by atomic mass is 10.0. The molecule has 0 unspecified atom stereocenters. The molecule has 0 aliphatic rings. The van der Waals surface area contributed by atoms with Crippen molar-refractivity contribution in [2.45, 2.75) is 19.8 Å². The number of rotatable bonds is 5. The molecule has 0 heterocycles. The third kappa shape index (κ3) is 5.02. The summed E-state index contributed by atoms with van der Waals surface area (Å²) >= 11 is 0. The van der Waals surface area contributed by atoms with E-state index in [1.807, 2.05) is 31.2 Å². The first-order chi connectivity index (χ1) is 7.67. The van der Waals surface area contributed by atoms with Crippen LogP contribution in [-0.2, 0) is 11.2 Å². The smallest absolute Gasteiger partial charge is 0.331 e. The maximum atomic E-state index is 10.9. The first-order valence-corrected chi connectivity index (χ1v) is 5.40. The van der Waals surface area contributed by atoms with E-state index in [-0.39, 0.29) is 12.4 Å². The molecule has 0 spiro atoms. The van der Waals surface area contributed by atoms with E-state index in [1.54, 1.807) is 6.08 Å². The van der Waals surface area contributed by atoms with E-state index in [2.05, 4.69) is 0 Å². The quantitative estimate of drug-likeness (QED) is 0.795. The number of aliphatic carboxylic acids is 1. The summed E-state index contributed by atoms with van der Waals surface area (Å²) in [5.74, 6) is -0.855. The maximum absolute atomic E-state index is 10.9. The molecule has 17 heavy (non-hydrogen) atoms. The number of carboxylic acid groups (broad SMARTS) is 1. The average molecular weight is 256 g/mol. The molecule has 1 aromatic rings. The summed E-state index contributed by atoms with van der Waals surface area (Å²) in [6, 6.07) is 7.80. The van der Waals surface area contributed by atoms with Gasteiger partial charge in [0.2, 0.25) is 0 Å². The molecule has 0 saturated carbocycles. The van der Waals surface area contributed by atoms with Gasteiger partial charge < -0.3 is 10.8 Å². The fourth-order valence-electron chi connectivity index (χ4n) is 1.52. The molecular weight excluding hydrogens is 238 g/mol. The molecule has 0 aliphatic carbocycles. The number of halogens is 1. The van der Waals surface area contributed by atoms with Crippen molar-refractivity contribution in [1.82, 2.24) is 0 Å². The molecular formula is C13H18ClNO2. The highest BCUT2D eigenvalue weighted by atomic mass is 35.5. The van der Waals surface area contributed by atoms with Crippen molar-refractivity contribution < 1.29 is 9.90 Å². The number of nitrogens with two attached hydrogens (primary N) is 1. The normalized spacial score (nSPS) is 10.8. The Hall–Kier alpha value is -1.32. The lowest BCUT2D eigenvalue weighted by molar-refractivity contribution is -0.132. The minimum absolute atomic E-state index is 0. The topological polar surface area (TPSA) is 63.3 Å². The van der Waals surface area contributed by atoms with E-state index in [0.717, 1.165) is 17.5 Å². The Morgan fingerprint density at radius 3 is 2.71 bits per heavy atom. The second-order valence-corrected chi connectivity index (χ2v) is 3.61. The number of hydrogen-bond donors (Lipinski definition) is 2. The zero-order valence-electron chi connectivity index (χ0n) is 9.85. The third-order valence-electron chi connectivity index (χ3n) is 2.38. The summed E-state index contributed by atoms with van der Waals surface area (Å²) in [5, 5.41) is 8.92. The molecule has 0 atom stereocenters. The van der Waals surface area contributed by atoms with Crippen LogP contribution in [0.1, 0.15) is 24.5 Å². The first kappa shape index (κ1) is 15.7. The van der Waals surface area contributed by atoms with Crippen molar-refractivity contribution in [3.05, 3.63) is 41.0 Å². The van der Waals surface area contributed by atoms with Crippen molar-refractivity contribution >= 4 is 24.5 Å². The van der Waals surface area contributed by atoms with Crippen LogP contribution in [0, 0.1) is 0 Å². The van der Waals surface area contributed by atoms with Crippen molar-refractivity contribution in [1.29, 1.82) is 0 Å². The van der Waals surface area contributed by atoms with Crippen LogP contribution in [0.4, 0.5) is 0 Å². The summed E-state index contributed by atoms with van der Waals surface area (Å²) in [6.45, 7) is 2.44. The molecule has 0 radical (unpaired) electrons. The second-order valence-electron chi connectivity index (χ2n) is 3.61. The van der Waals surface area contributed by atoms with Gasteiger partial charge in [0.1, 0.15) is 0 Å². The largest absolute Gasteiger partial charge is 0.478 e. The summed E-state index contributed by atoms with van der Waals surface area (Å²) in [5.41, 5.74) is 7.96. The Bertz CT molecular complexity index is 402. The second kappa shape index (κ2) is 7.87. The summed E-state index contributed by atoms with van der Waals surface area (Å²) < 4.78 is 0. The Morgan fingerprint density at radius 2 is 2.18 bits per heavy atom. The van der Waals surface area contributed by atoms with Gasteiger partial charge in [0.05, 0.1) is 0 Å². The van der Waals surface area contributed by atoms with Crippen LogP contribution >= 0.6 is 12.4 Å². The minimum Gasteiger partial charge on any atom is -0.478 e. The number of carboxylic acids is 1. The van der Waals surface area contributed by atoms with Crippen LogP contribution in [-0.4, -0.2) is 17.6 Å². The standard InChI is InChI=1S/C13H17NO2.ClH/c1-2-12(13(15)16)9-11-5-3-4-10(8-11)6-7-14;/h3-5,8-9H,2,6-7,14H2,1H3,(H,15,16);1H. The first-order valence-electron chi connectivity index (χ1n) is 5.40. The lowest BCUT2D eigenvalue weighted by Crippen LogP contribution is -2.02. The monoisotopic (exact) mass is 255 g/mol. The molecule has 0 aliphatic heterocycles. The highest BCUT2D eigenvalue weighted by Gasteiger charge is 2.04. The molecule has 1 aromatic carbocycles. The molecule has 0 aromatic heterocycles. The Kier molecular flexibility index (Phi) is 7.26. The minimum atomic E-state index is -0.855. The molecule has 0 fully saturated rings. The van der Waals surface area contributed by atoms with Crippen LogP contribution in [0.2, 0.25) is 0 Å². The molecule has 3 N–H and O–H groups in total. The zero-order valence-corrected chi connectivity index (χ0v) is 10.7. The van der Waals surface area contributed by atoms with Gasteiger partial charge in [0.25, 0.3) is 0 Å². The van der Waals surface area contributed by atoms with Crippen molar-refractivity contribution in [2.75, 3.05) is 6.54 Å². The van der Waals surface area contributed by atoms with E-state index in [0.29, 0.717) is 18.5 Å². The van der Waals surface area contributed by atoms with Gasteiger partial charge in [-0.25, -0.2) is 4.79 Å². The SMILES string of the molecule is CCC(=Cc1cccc(CCN)c1)C(=O)O.Cl. The fraction of sp³-hybridized carbons (Fsp3) is 0.308. The van der Waals surface area contributed by atoms with E-state index < -0.39 is 5.97 Å². The molecule has 3 nitrogen and oxygen atoms in total. The van der Waals surface area contributed by atoms with Gasteiger partial charge >= 0.3 is 5.97 Å². The Morgan fingerprint density at radius 1 is 1.47 bits per heavy atom. The number of hydrogen-bond acceptors (Lipinski definition) is 2. The van der Waals surface area contributed by atoms with E-state index in [9.17, 15) is 4.79 Å². The van der Waals surface area contributed by atoms with Crippen molar-refractivity contribution in [3.8, 4) is 0 Å². The van der Waals surface area contributed by atoms with Crippen molar-refractivity contribution in [3.63, 3.8) is 0 Å². The van der Waals surface area contributed by atoms with Crippen LogP contribution in [0.15, 0.2) is 29.8 Å². The predicted molar refractivity (Wildman–Crippen MR) is 72.4 cm³/mol. The van der Waals surface area contributed by atoms with Gasteiger partial charge in [-0.15, -0.1) is 12.4 Å². The molecule has 1 rings (SSSR count). The number of benzene rings is 1. The number of carbonyl (C=O) groups is 1. The van der Waals surface area contributed by atoms with Crippen LogP contribution < -0.4 is 5.73 Å². The molecule has 4 heteroatoms. The van der Waals surface area contributed by atoms with Crippen LogP contribution in [0.25, 0.3) is 6.08 Å². The maximum Gasteiger partial charge on any atom is 0.331 e.